The minimum atomic E-state index is 0.578. The summed E-state index contributed by atoms with van der Waals surface area (Å²) in [6, 6.07) is 54.1. The van der Waals surface area contributed by atoms with Crippen molar-refractivity contribution >= 4 is 86.1 Å². The molecule has 0 spiro atoms. The lowest BCUT2D eigenvalue weighted by Crippen LogP contribution is -2.00. The quantitative estimate of drug-likeness (QED) is 0.180. The summed E-state index contributed by atoms with van der Waals surface area (Å²) in [6.45, 7) is 0. The van der Waals surface area contributed by atoms with Crippen molar-refractivity contribution in [1.29, 1.82) is 0 Å². The highest BCUT2D eigenvalue weighted by atomic mass is 32.1. The molecule has 0 atom stereocenters. The Bertz CT molecular complexity index is 3500. The molecule has 0 saturated carbocycles. The molecular formula is C48H26N4O2S. The van der Waals surface area contributed by atoms with E-state index < -0.39 is 0 Å². The fourth-order valence-electron chi connectivity index (χ4n) is 7.94. The lowest BCUT2D eigenvalue weighted by Gasteiger charge is -2.09. The number of aromatic nitrogens is 4. The Morgan fingerprint density at radius 2 is 1.05 bits per heavy atom. The molecule has 0 aliphatic rings. The van der Waals surface area contributed by atoms with E-state index in [-0.39, 0.29) is 0 Å². The van der Waals surface area contributed by atoms with Crippen LogP contribution in [-0.2, 0) is 0 Å². The molecule has 0 aliphatic heterocycles. The van der Waals surface area contributed by atoms with Crippen LogP contribution in [0, 0.1) is 0 Å². The Balaban J connectivity index is 1.06. The molecule has 4 aromatic heterocycles. The predicted molar refractivity (Wildman–Crippen MR) is 224 cm³/mol. The van der Waals surface area contributed by atoms with Crippen molar-refractivity contribution in [1.82, 2.24) is 19.9 Å². The molecule has 12 aromatic rings. The second-order valence-corrected chi connectivity index (χ2v) is 14.9. The molecule has 0 N–H and O–H groups in total. The summed E-state index contributed by atoms with van der Waals surface area (Å²) in [4.78, 5) is 20.2. The number of fused-ring (bicyclic) bond motifs is 11. The summed E-state index contributed by atoms with van der Waals surface area (Å²) in [5, 5.41) is 8.67. The minimum absolute atomic E-state index is 0.578. The molecule has 0 bridgehead atoms. The number of benzene rings is 8. The average molecular weight is 723 g/mol. The van der Waals surface area contributed by atoms with E-state index in [4.69, 9.17) is 28.8 Å². The summed E-state index contributed by atoms with van der Waals surface area (Å²) in [5.41, 5.74) is 6.68. The lowest BCUT2D eigenvalue weighted by molar-refractivity contribution is 0.623. The maximum atomic E-state index is 6.68. The van der Waals surface area contributed by atoms with E-state index in [1.165, 1.54) is 20.2 Å². The van der Waals surface area contributed by atoms with Gasteiger partial charge in [-0.2, -0.15) is 0 Å². The summed E-state index contributed by atoms with van der Waals surface area (Å²) >= 11 is 1.78. The topological polar surface area (TPSA) is 77.8 Å². The van der Waals surface area contributed by atoms with E-state index in [0.29, 0.717) is 28.9 Å². The summed E-state index contributed by atoms with van der Waals surface area (Å²) in [5.74, 6) is 2.41. The molecule has 8 aromatic carbocycles. The third-order valence-electron chi connectivity index (χ3n) is 10.6. The predicted octanol–water partition coefficient (Wildman–Crippen LogP) is 13.3. The molecule has 0 fully saturated rings. The van der Waals surface area contributed by atoms with Gasteiger partial charge in [0.15, 0.2) is 23.1 Å². The molecule has 0 amide bonds. The first kappa shape index (κ1) is 30.3. The number of furan rings is 1. The zero-order valence-corrected chi connectivity index (χ0v) is 29.8. The SMILES string of the molecule is c1ccc(-c2nc(-c3ccc4c(c3)sc3ccccc34)nc(-c3ccc4ccc5oc6ccc7nc(-c8cccc9ccccc89)oc7c6c5c4c3)n2)cc1. The van der Waals surface area contributed by atoms with E-state index >= 15 is 0 Å². The van der Waals surface area contributed by atoms with Gasteiger partial charge in [-0.25, -0.2) is 19.9 Å². The van der Waals surface area contributed by atoms with Gasteiger partial charge in [-0.15, -0.1) is 11.3 Å². The monoisotopic (exact) mass is 722 g/mol. The molecule has 0 aliphatic carbocycles. The Morgan fingerprint density at radius 1 is 0.400 bits per heavy atom. The largest absolute Gasteiger partial charge is 0.456 e. The molecule has 12 rings (SSSR count). The van der Waals surface area contributed by atoms with Crippen LogP contribution in [-0.4, -0.2) is 19.9 Å². The number of rotatable bonds is 4. The van der Waals surface area contributed by atoms with Crippen LogP contribution in [0.2, 0.25) is 0 Å². The summed E-state index contributed by atoms with van der Waals surface area (Å²) in [7, 11) is 0. The van der Waals surface area contributed by atoms with E-state index in [9.17, 15) is 0 Å². The van der Waals surface area contributed by atoms with Crippen LogP contribution in [0.25, 0.3) is 120 Å². The lowest BCUT2D eigenvalue weighted by atomic mass is 10.0. The van der Waals surface area contributed by atoms with Crippen molar-refractivity contribution in [3.8, 4) is 45.6 Å². The van der Waals surface area contributed by atoms with Crippen LogP contribution in [0.1, 0.15) is 0 Å². The van der Waals surface area contributed by atoms with Crippen molar-refractivity contribution in [3.05, 3.63) is 158 Å². The van der Waals surface area contributed by atoms with Gasteiger partial charge in [0.25, 0.3) is 0 Å². The molecule has 256 valence electrons. The highest BCUT2D eigenvalue weighted by molar-refractivity contribution is 7.25. The Labute approximate surface area is 317 Å². The standard InChI is InChI=1S/C48H26N4O2S/c1-2-10-29(11-3-1)45-50-46(52-47(51-45)31-19-21-34-33-14-6-7-16-40(33)55-41(34)26-31)30-18-17-28-20-23-38-42(36(28)25-30)43-39(53-38)24-22-37-44(43)54-48(49-37)35-15-8-12-27-9-4-5-13-32(27)35/h1-26H. The summed E-state index contributed by atoms with van der Waals surface area (Å²) < 4.78 is 15.6. The normalized spacial score (nSPS) is 12.0. The average Bonchev–Trinajstić information content (AvgIpc) is 3.96. The smallest absolute Gasteiger partial charge is 0.227 e. The maximum absolute atomic E-state index is 6.68. The van der Waals surface area contributed by atoms with Gasteiger partial charge < -0.3 is 8.83 Å². The van der Waals surface area contributed by atoms with Crippen molar-refractivity contribution in [2.75, 3.05) is 0 Å². The third-order valence-corrected chi connectivity index (χ3v) is 11.7. The van der Waals surface area contributed by atoms with Gasteiger partial charge in [0.1, 0.15) is 16.7 Å². The number of hydrogen-bond acceptors (Lipinski definition) is 7. The second-order valence-electron chi connectivity index (χ2n) is 13.8. The fourth-order valence-corrected chi connectivity index (χ4v) is 9.08. The molecule has 0 radical (unpaired) electrons. The first-order chi connectivity index (χ1) is 27.2. The zero-order valence-electron chi connectivity index (χ0n) is 29.0. The van der Waals surface area contributed by atoms with Crippen LogP contribution < -0.4 is 0 Å². The van der Waals surface area contributed by atoms with Crippen molar-refractivity contribution < 1.29 is 8.83 Å². The number of nitrogens with zero attached hydrogens (tertiary/aromatic N) is 4. The number of hydrogen-bond donors (Lipinski definition) is 0. The van der Waals surface area contributed by atoms with Crippen LogP contribution >= 0.6 is 11.3 Å². The number of thiophene rings is 1. The highest BCUT2D eigenvalue weighted by Crippen LogP contribution is 2.42. The molecule has 0 unspecified atom stereocenters. The molecule has 6 nitrogen and oxygen atoms in total. The molecule has 0 saturated heterocycles. The second kappa shape index (κ2) is 11.6. The minimum Gasteiger partial charge on any atom is -0.456 e. The Kier molecular flexibility index (Phi) is 6.40. The molecule has 7 heteroatoms. The van der Waals surface area contributed by atoms with Crippen molar-refractivity contribution in [2.45, 2.75) is 0 Å². The molecule has 55 heavy (non-hydrogen) atoms. The van der Waals surface area contributed by atoms with E-state index in [1.54, 1.807) is 11.3 Å². The molecule has 4 heterocycles. The Morgan fingerprint density at radius 3 is 1.95 bits per heavy atom. The van der Waals surface area contributed by atoms with Gasteiger partial charge in [-0.3, -0.25) is 0 Å². The van der Waals surface area contributed by atoms with Gasteiger partial charge in [0.2, 0.25) is 5.89 Å². The van der Waals surface area contributed by atoms with Gasteiger partial charge in [-0.1, -0.05) is 115 Å². The van der Waals surface area contributed by atoms with Gasteiger partial charge in [0.05, 0.1) is 5.39 Å². The van der Waals surface area contributed by atoms with Gasteiger partial charge in [0, 0.05) is 47.8 Å². The highest BCUT2D eigenvalue weighted by Gasteiger charge is 2.21. The fraction of sp³-hybridized carbons (Fsp3) is 0. The van der Waals surface area contributed by atoms with E-state index in [2.05, 4.69) is 91.0 Å². The first-order valence-corrected chi connectivity index (χ1v) is 18.9. The van der Waals surface area contributed by atoms with E-state index in [1.807, 2.05) is 66.7 Å². The third kappa shape index (κ3) is 4.73. The first-order valence-electron chi connectivity index (χ1n) is 18.1. The van der Waals surface area contributed by atoms with Crippen LogP contribution in [0.3, 0.4) is 0 Å². The van der Waals surface area contributed by atoms with Gasteiger partial charge >= 0.3 is 0 Å². The zero-order chi connectivity index (χ0) is 36.0. The molecular weight excluding hydrogens is 697 g/mol. The maximum Gasteiger partial charge on any atom is 0.227 e. The van der Waals surface area contributed by atoms with Gasteiger partial charge in [-0.05, 0) is 64.0 Å². The van der Waals surface area contributed by atoms with Crippen molar-refractivity contribution in [3.63, 3.8) is 0 Å². The van der Waals surface area contributed by atoms with E-state index in [0.717, 1.165) is 71.3 Å². The van der Waals surface area contributed by atoms with Crippen LogP contribution in [0.15, 0.2) is 167 Å². The number of oxazole rings is 1. The van der Waals surface area contributed by atoms with Crippen LogP contribution in [0.4, 0.5) is 0 Å². The van der Waals surface area contributed by atoms with Crippen molar-refractivity contribution in [2.24, 2.45) is 0 Å². The van der Waals surface area contributed by atoms with Crippen LogP contribution in [0.5, 0.6) is 0 Å². The summed E-state index contributed by atoms with van der Waals surface area (Å²) in [6.07, 6.45) is 0. The Hall–Kier alpha value is -7.22.